The van der Waals surface area contributed by atoms with E-state index in [-0.39, 0.29) is 18.3 Å². The molecule has 0 spiro atoms. The fourth-order valence-electron chi connectivity index (χ4n) is 3.29. The fraction of sp³-hybridized carbons (Fsp3) is 0.125. The van der Waals surface area contributed by atoms with Crippen molar-refractivity contribution in [1.29, 1.82) is 0 Å². The lowest BCUT2D eigenvalue weighted by atomic mass is 10.1. The quantitative estimate of drug-likeness (QED) is 0.379. The maximum Gasteiger partial charge on any atom is 0.291 e. The van der Waals surface area contributed by atoms with Crippen LogP contribution in [0.3, 0.4) is 0 Å². The topological polar surface area (TPSA) is 63.5 Å². The maximum atomic E-state index is 12.9. The Morgan fingerprint density at radius 1 is 1.03 bits per heavy atom. The number of fused-ring (bicyclic) bond motifs is 1. The number of furan rings is 1. The molecule has 5 nitrogen and oxygen atoms in total. The van der Waals surface area contributed by atoms with E-state index in [0.29, 0.717) is 22.8 Å². The summed E-state index contributed by atoms with van der Waals surface area (Å²) >= 11 is 6.41. The van der Waals surface area contributed by atoms with Crippen molar-refractivity contribution in [2.75, 3.05) is 17.7 Å². The molecule has 152 valence electrons. The van der Waals surface area contributed by atoms with Gasteiger partial charge in [-0.3, -0.25) is 4.79 Å². The fourth-order valence-corrected chi connectivity index (χ4v) is 3.53. The highest BCUT2D eigenvalue weighted by atomic mass is 35.5. The molecule has 0 fully saturated rings. The lowest BCUT2D eigenvalue weighted by Crippen LogP contribution is -2.13. The SMILES string of the molecule is COCc1c(C(=O)Nc2ccc(NCc3ccccc3)c(Cl)c2)oc2ccccc12. The molecule has 4 aromatic rings. The van der Waals surface area contributed by atoms with Gasteiger partial charge in [0, 0.05) is 30.3 Å². The second-order valence-electron chi connectivity index (χ2n) is 6.83. The first-order valence-corrected chi connectivity index (χ1v) is 9.91. The van der Waals surface area contributed by atoms with Gasteiger partial charge in [0.25, 0.3) is 5.91 Å². The number of anilines is 2. The molecule has 1 amide bonds. The number of rotatable bonds is 7. The highest BCUT2D eigenvalue weighted by Gasteiger charge is 2.20. The van der Waals surface area contributed by atoms with Crippen LogP contribution in [0, 0.1) is 0 Å². The van der Waals surface area contributed by atoms with Crippen LogP contribution < -0.4 is 10.6 Å². The zero-order valence-electron chi connectivity index (χ0n) is 16.4. The van der Waals surface area contributed by atoms with Crippen molar-refractivity contribution in [3.8, 4) is 0 Å². The average Bonchev–Trinajstić information content (AvgIpc) is 3.13. The standard InChI is InChI=1S/C24H21ClN2O3/c1-29-15-19-18-9-5-6-10-22(18)30-23(19)24(28)27-17-11-12-21(20(25)13-17)26-14-16-7-3-2-4-8-16/h2-13,26H,14-15H2,1H3,(H,27,28). The molecule has 3 aromatic carbocycles. The molecular weight excluding hydrogens is 400 g/mol. The van der Waals surface area contributed by atoms with Crippen LogP contribution in [0.5, 0.6) is 0 Å². The smallest absolute Gasteiger partial charge is 0.291 e. The van der Waals surface area contributed by atoms with E-state index in [1.807, 2.05) is 60.7 Å². The maximum absolute atomic E-state index is 12.9. The van der Waals surface area contributed by atoms with Gasteiger partial charge in [-0.2, -0.15) is 0 Å². The number of carbonyl (C=O) groups is 1. The zero-order chi connectivity index (χ0) is 20.9. The molecule has 0 atom stereocenters. The summed E-state index contributed by atoms with van der Waals surface area (Å²) in [4.78, 5) is 12.9. The number of benzene rings is 3. The van der Waals surface area contributed by atoms with Gasteiger partial charge in [0.05, 0.1) is 17.3 Å². The molecule has 0 aliphatic carbocycles. The predicted molar refractivity (Wildman–Crippen MR) is 120 cm³/mol. The van der Waals surface area contributed by atoms with Crippen molar-refractivity contribution in [2.45, 2.75) is 13.2 Å². The van der Waals surface area contributed by atoms with Crippen LogP contribution in [0.2, 0.25) is 5.02 Å². The van der Waals surface area contributed by atoms with E-state index in [2.05, 4.69) is 10.6 Å². The lowest BCUT2D eigenvalue weighted by Gasteiger charge is -2.11. The molecule has 2 N–H and O–H groups in total. The minimum absolute atomic E-state index is 0.237. The summed E-state index contributed by atoms with van der Waals surface area (Å²) in [7, 11) is 1.59. The molecular formula is C24H21ClN2O3. The number of carbonyl (C=O) groups excluding carboxylic acids is 1. The summed E-state index contributed by atoms with van der Waals surface area (Å²) in [5.74, 6) is -0.111. The van der Waals surface area contributed by atoms with E-state index < -0.39 is 0 Å². The summed E-state index contributed by atoms with van der Waals surface area (Å²) < 4.78 is 11.1. The molecule has 0 aliphatic rings. The Kier molecular flexibility index (Phi) is 6.02. The number of methoxy groups -OCH3 is 1. The van der Waals surface area contributed by atoms with Gasteiger partial charge in [-0.15, -0.1) is 0 Å². The Bertz CT molecular complexity index is 1170. The van der Waals surface area contributed by atoms with E-state index in [1.165, 1.54) is 0 Å². The van der Waals surface area contributed by atoms with Gasteiger partial charge >= 0.3 is 0 Å². The number of hydrogen-bond acceptors (Lipinski definition) is 4. The summed E-state index contributed by atoms with van der Waals surface area (Å²) in [5.41, 5.74) is 3.90. The second-order valence-corrected chi connectivity index (χ2v) is 7.23. The first-order valence-electron chi connectivity index (χ1n) is 9.54. The third kappa shape index (κ3) is 4.32. The molecule has 30 heavy (non-hydrogen) atoms. The van der Waals surface area contributed by atoms with Crippen LogP contribution in [-0.4, -0.2) is 13.0 Å². The van der Waals surface area contributed by atoms with Crippen LogP contribution in [0.1, 0.15) is 21.7 Å². The molecule has 6 heteroatoms. The van der Waals surface area contributed by atoms with Crippen LogP contribution in [-0.2, 0) is 17.9 Å². The molecule has 0 radical (unpaired) electrons. The number of amides is 1. The summed E-state index contributed by atoms with van der Waals surface area (Å²) in [6, 6.07) is 22.9. The Morgan fingerprint density at radius 3 is 2.57 bits per heavy atom. The van der Waals surface area contributed by atoms with Crippen molar-refractivity contribution < 1.29 is 13.9 Å². The van der Waals surface area contributed by atoms with Gasteiger partial charge in [-0.05, 0) is 29.8 Å². The predicted octanol–water partition coefficient (Wildman–Crippen LogP) is 6.10. The Balaban J connectivity index is 1.50. The van der Waals surface area contributed by atoms with Crippen molar-refractivity contribution in [2.24, 2.45) is 0 Å². The van der Waals surface area contributed by atoms with Crippen molar-refractivity contribution >= 4 is 39.9 Å². The molecule has 0 saturated carbocycles. The normalized spacial score (nSPS) is 10.9. The molecule has 1 heterocycles. The van der Waals surface area contributed by atoms with E-state index in [4.69, 9.17) is 20.8 Å². The Hall–Kier alpha value is -3.28. The first-order chi connectivity index (χ1) is 14.7. The zero-order valence-corrected chi connectivity index (χ0v) is 17.2. The van der Waals surface area contributed by atoms with Crippen LogP contribution >= 0.6 is 11.6 Å². The minimum Gasteiger partial charge on any atom is -0.451 e. The summed E-state index contributed by atoms with van der Waals surface area (Å²) in [6.45, 7) is 0.939. The first kappa shape index (κ1) is 20.0. The highest BCUT2D eigenvalue weighted by molar-refractivity contribution is 6.33. The monoisotopic (exact) mass is 420 g/mol. The molecule has 0 bridgehead atoms. The van der Waals surface area contributed by atoms with E-state index in [1.54, 1.807) is 19.2 Å². The van der Waals surface area contributed by atoms with Crippen molar-refractivity contribution in [3.63, 3.8) is 0 Å². The number of hydrogen-bond donors (Lipinski definition) is 2. The van der Waals surface area contributed by atoms with Gasteiger partial charge in [0.2, 0.25) is 0 Å². The van der Waals surface area contributed by atoms with Crippen molar-refractivity contribution in [3.05, 3.63) is 94.7 Å². The van der Waals surface area contributed by atoms with E-state index >= 15 is 0 Å². The molecule has 0 saturated heterocycles. The van der Waals surface area contributed by atoms with Crippen molar-refractivity contribution in [1.82, 2.24) is 0 Å². The molecule has 1 aromatic heterocycles. The van der Waals surface area contributed by atoms with Crippen LogP contribution in [0.4, 0.5) is 11.4 Å². The summed E-state index contributed by atoms with van der Waals surface area (Å²) in [5, 5.41) is 7.55. The van der Waals surface area contributed by atoms with Gasteiger partial charge < -0.3 is 19.8 Å². The third-order valence-corrected chi connectivity index (χ3v) is 5.06. The molecule has 4 rings (SSSR count). The molecule has 0 unspecified atom stereocenters. The third-order valence-electron chi connectivity index (χ3n) is 4.75. The number of nitrogens with one attached hydrogen (secondary N) is 2. The van der Waals surface area contributed by atoms with E-state index in [0.717, 1.165) is 22.2 Å². The number of ether oxygens (including phenoxy) is 1. The lowest BCUT2D eigenvalue weighted by molar-refractivity contribution is 0.0992. The van der Waals surface area contributed by atoms with Crippen LogP contribution in [0.25, 0.3) is 11.0 Å². The average molecular weight is 421 g/mol. The van der Waals surface area contributed by atoms with Crippen LogP contribution in [0.15, 0.2) is 77.2 Å². The number of para-hydroxylation sites is 1. The van der Waals surface area contributed by atoms with Gasteiger partial charge in [-0.1, -0.05) is 60.1 Å². The minimum atomic E-state index is -0.348. The largest absolute Gasteiger partial charge is 0.451 e. The van der Waals surface area contributed by atoms with Gasteiger partial charge in [0.1, 0.15) is 5.58 Å². The highest BCUT2D eigenvalue weighted by Crippen LogP contribution is 2.29. The second kappa shape index (κ2) is 9.03. The van der Waals surface area contributed by atoms with E-state index in [9.17, 15) is 4.79 Å². The molecule has 0 aliphatic heterocycles. The Labute approximate surface area is 179 Å². The van der Waals surface area contributed by atoms with Gasteiger partial charge in [0.15, 0.2) is 5.76 Å². The number of halogens is 1. The Morgan fingerprint density at radius 2 is 1.80 bits per heavy atom. The van der Waals surface area contributed by atoms with Gasteiger partial charge in [-0.25, -0.2) is 0 Å². The summed E-state index contributed by atoms with van der Waals surface area (Å²) in [6.07, 6.45) is 0.